The highest BCUT2D eigenvalue weighted by Crippen LogP contribution is 2.33. The molecule has 0 aliphatic carbocycles. The molecule has 17 atom stereocenters. The van der Waals surface area contributed by atoms with Crippen LogP contribution in [0.4, 0.5) is 0 Å². The van der Waals surface area contributed by atoms with E-state index >= 15 is 0 Å². The fourth-order valence-corrected chi connectivity index (χ4v) is 12.4. The number of nitrogens with one attached hydrogen (secondary N) is 1. The molecule has 3 aliphatic rings. The maximum absolute atomic E-state index is 13.3. The highest BCUT2D eigenvalue weighted by Gasteiger charge is 2.53. The van der Waals surface area contributed by atoms with Gasteiger partial charge in [-0.15, -0.1) is 0 Å². The molecule has 1 amide bonds. The van der Waals surface area contributed by atoms with E-state index in [-0.39, 0.29) is 18.9 Å². The van der Waals surface area contributed by atoms with Gasteiger partial charge in [0.25, 0.3) is 0 Å². The number of aliphatic hydroxyl groups excluding tert-OH is 11. The SMILES string of the molecule is CCCC/C=C/CC/C=C/C(O)C(COC1OC(CO)C(OC2OC(CO)C(OC3OC(CO)C(O)C(O)C3O)C(O)C2O)C(O)C1O)NC(=O)CCCCCCCCCCCCCCCCCCCCCCCCCCCC/C=C\C/C=C\C/C=C\CCCCCCC. The van der Waals surface area contributed by atoms with Gasteiger partial charge in [-0.2, -0.15) is 0 Å². The van der Waals surface area contributed by atoms with Crippen LogP contribution < -0.4 is 5.32 Å². The fraction of sp³-hybridized carbons (Fsp3) is 0.853. The number of amides is 1. The Morgan fingerprint density at radius 3 is 1.17 bits per heavy atom. The van der Waals surface area contributed by atoms with Gasteiger partial charge in [0.2, 0.25) is 5.91 Å². The van der Waals surface area contributed by atoms with Crippen molar-refractivity contribution in [2.75, 3.05) is 26.4 Å². The maximum Gasteiger partial charge on any atom is 0.220 e. The van der Waals surface area contributed by atoms with E-state index in [0.717, 1.165) is 57.8 Å². The average molecular weight is 1340 g/mol. The third-order valence-electron chi connectivity index (χ3n) is 18.5. The first kappa shape index (κ1) is 85.7. The molecule has 3 heterocycles. The molecule has 17 unspecified atom stereocenters. The Morgan fingerprint density at radius 2 is 0.723 bits per heavy atom. The largest absolute Gasteiger partial charge is 0.394 e. The van der Waals surface area contributed by atoms with Gasteiger partial charge in [-0.3, -0.25) is 4.79 Å². The van der Waals surface area contributed by atoms with Crippen molar-refractivity contribution >= 4 is 5.91 Å². The molecule has 0 bridgehead atoms. The summed E-state index contributed by atoms with van der Waals surface area (Å²) in [5.74, 6) is -0.286. The number of allylic oxidation sites excluding steroid dienone is 9. The Balaban J connectivity index is 1.23. The van der Waals surface area contributed by atoms with Crippen LogP contribution in [0.2, 0.25) is 0 Å². The lowest BCUT2D eigenvalue weighted by Crippen LogP contribution is -2.66. The molecular formula is C75H135NO18. The summed E-state index contributed by atoms with van der Waals surface area (Å²) in [6, 6.07) is -0.987. The molecule has 94 heavy (non-hydrogen) atoms. The van der Waals surface area contributed by atoms with Crippen LogP contribution in [0.1, 0.15) is 277 Å². The number of aliphatic hydroxyl groups is 11. The molecule has 3 aliphatic heterocycles. The monoisotopic (exact) mass is 1340 g/mol. The van der Waals surface area contributed by atoms with Crippen molar-refractivity contribution in [1.82, 2.24) is 5.32 Å². The van der Waals surface area contributed by atoms with Crippen LogP contribution in [0.3, 0.4) is 0 Å². The second-order valence-electron chi connectivity index (χ2n) is 26.7. The normalized spacial score (nSPS) is 27.7. The van der Waals surface area contributed by atoms with Gasteiger partial charge in [0.05, 0.1) is 38.6 Å². The Hall–Kier alpha value is -2.51. The maximum atomic E-state index is 13.3. The van der Waals surface area contributed by atoms with Crippen LogP contribution in [0.15, 0.2) is 60.8 Å². The lowest BCUT2D eigenvalue weighted by atomic mass is 9.96. The summed E-state index contributed by atoms with van der Waals surface area (Å²) in [5.41, 5.74) is 0. The summed E-state index contributed by atoms with van der Waals surface area (Å²) in [7, 11) is 0. The Kier molecular flexibility index (Phi) is 51.3. The van der Waals surface area contributed by atoms with Crippen molar-refractivity contribution in [3.63, 3.8) is 0 Å². The minimum atomic E-state index is -1.98. The van der Waals surface area contributed by atoms with E-state index in [1.165, 1.54) is 186 Å². The molecule has 548 valence electrons. The Bertz CT molecular complexity index is 1940. The van der Waals surface area contributed by atoms with Crippen molar-refractivity contribution in [3.8, 4) is 0 Å². The number of carbonyl (C=O) groups is 1. The first-order valence-electron chi connectivity index (χ1n) is 37.5. The number of rotatable bonds is 58. The first-order valence-corrected chi connectivity index (χ1v) is 37.5. The second-order valence-corrected chi connectivity index (χ2v) is 26.7. The summed E-state index contributed by atoms with van der Waals surface area (Å²) < 4.78 is 34.2. The van der Waals surface area contributed by atoms with Crippen molar-refractivity contribution in [2.24, 2.45) is 0 Å². The lowest BCUT2D eigenvalue weighted by Gasteiger charge is -2.48. The van der Waals surface area contributed by atoms with Crippen LogP contribution in [-0.4, -0.2) is 193 Å². The number of carbonyl (C=O) groups excluding carboxylic acids is 1. The zero-order chi connectivity index (χ0) is 68.2. The van der Waals surface area contributed by atoms with E-state index < -0.39 is 124 Å². The molecule has 12 N–H and O–H groups in total. The van der Waals surface area contributed by atoms with Crippen LogP contribution in [0.25, 0.3) is 0 Å². The highest BCUT2D eigenvalue weighted by atomic mass is 16.8. The predicted molar refractivity (Wildman–Crippen MR) is 369 cm³/mol. The summed E-state index contributed by atoms with van der Waals surface area (Å²) in [4.78, 5) is 13.3. The van der Waals surface area contributed by atoms with Crippen LogP contribution in [-0.2, 0) is 33.2 Å². The predicted octanol–water partition coefficient (Wildman–Crippen LogP) is 11.1. The molecule has 0 spiro atoms. The van der Waals surface area contributed by atoms with E-state index in [0.29, 0.717) is 12.8 Å². The molecule has 0 aromatic rings. The third-order valence-corrected chi connectivity index (χ3v) is 18.5. The summed E-state index contributed by atoms with van der Waals surface area (Å²) in [5, 5.41) is 120. The quantitative estimate of drug-likeness (QED) is 0.0199. The smallest absolute Gasteiger partial charge is 0.220 e. The second kappa shape index (κ2) is 56.3. The van der Waals surface area contributed by atoms with Gasteiger partial charge in [-0.25, -0.2) is 0 Å². The fourth-order valence-electron chi connectivity index (χ4n) is 12.4. The Labute approximate surface area is 566 Å². The number of hydrogen-bond donors (Lipinski definition) is 12. The van der Waals surface area contributed by atoms with Crippen LogP contribution >= 0.6 is 0 Å². The van der Waals surface area contributed by atoms with E-state index in [1.54, 1.807) is 6.08 Å². The number of ether oxygens (including phenoxy) is 6. The van der Waals surface area contributed by atoms with Crippen LogP contribution in [0, 0.1) is 0 Å². The molecule has 3 saturated heterocycles. The molecule has 0 radical (unpaired) electrons. The van der Waals surface area contributed by atoms with Gasteiger partial charge in [-0.1, -0.05) is 267 Å². The summed E-state index contributed by atoms with van der Waals surface area (Å²) in [6.07, 6.45) is 44.4. The zero-order valence-electron chi connectivity index (χ0n) is 58.2. The molecule has 0 aromatic heterocycles. The zero-order valence-corrected chi connectivity index (χ0v) is 58.2. The van der Waals surface area contributed by atoms with Crippen molar-refractivity contribution in [3.05, 3.63) is 60.8 Å². The molecular weight excluding hydrogens is 1200 g/mol. The molecule has 0 saturated carbocycles. The summed E-state index contributed by atoms with van der Waals surface area (Å²) in [6.45, 7) is 1.62. The summed E-state index contributed by atoms with van der Waals surface area (Å²) >= 11 is 0. The first-order chi connectivity index (χ1) is 45.8. The van der Waals surface area contributed by atoms with Gasteiger partial charge < -0.3 is 89.9 Å². The van der Waals surface area contributed by atoms with Crippen molar-refractivity contribution < 1.29 is 89.4 Å². The number of hydrogen-bond acceptors (Lipinski definition) is 18. The number of unbranched alkanes of at least 4 members (excludes halogenated alkanes) is 34. The molecule has 3 fully saturated rings. The average Bonchev–Trinajstić information content (AvgIpc) is 0.791. The van der Waals surface area contributed by atoms with Gasteiger partial charge in [0.15, 0.2) is 18.9 Å². The van der Waals surface area contributed by atoms with Crippen LogP contribution in [0.5, 0.6) is 0 Å². The minimum absolute atomic E-state index is 0.237. The molecule has 19 nitrogen and oxygen atoms in total. The van der Waals surface area contributed by atoms with E-state index in [2.05, 4.69) is 67.8 Å². The topological polar surface area (TPSA) is 307 Å². The third kappa shape index (κ3) is 37.1. The van der Waals surface area contributed by atoms with E-state index in [4.69, 9.17) is 28.4 Å². The lowest BCUT2D eigenvalue weighted by molar-refractivity contribution is -0.379. The molecule has 3 rings (SSSR count). The van der Waals surface area contributed by atoms with E-state index in [1.807, 2.05) is 6.08 Å². The molecule has 0 aromatic carbocycles. The van der Waals surface area contributed by atoms with Crippen molar-refractivity contribution in [2.45, 2.75) is 381 Å². The van der Waals surface area contributed by atoms with Crippen molar-refractivity contribution in [1.29, 1.82) is 0 Å². The van der Waals surface area contributed by atoms with Gasteiger partial charge in [-0.05, 0) is 64.2 Å². The van der Waals surface area contributed by atoms with E-state index in [9.17, 15) is 61.0 Å². The Morgan fingerprint density at radius 1 is 0.383 bits per heavy atom. The highest BCUT2D eigenvalue weighted by molar-refractivity contribution is 5.76. The van der Waals surface area contributed by atoms with Gasteiger partial charge in [0, 0.05) is 6.42 Å². The minimum Gasteiger partial charge on any atom is -0.394 e. The standard InChI is InChI=1S/C75H135NO18/c1-3-5-7-9-11-13-14-15-16-17-18-19-20-21-22-23-24-25-26-27-28-29-30-31-32-33-34-35-36-37-38-39-40-41-42-43-44-45-47-49-51-53-63(81)76-58(59(80)52-50-48-46-12-10-8-6-4-2)57-89-73-69(87)66(84)71(61(55-78)91-73)94-75-70(88)67(85)72(62(56-79)92-75)93-74-68(86)65(83)64(82)60(54-77)90-74/h10,12,14-15,17-18,20-21,50,52,58-62,64-75,77-80,82-88H,3-9,11,13,16,19,22-49,51,53-57H2,1-2H3,(H,76,81)/b12-10+,15-14-,18-17-,21-20-,52-50+. The van der Waals surface area contributed by atoms with Gasteiger partial charge >= 0.3 is 0 Å². The van der Waals surface area contributed by atoms with Gasteiger partial charge in [0.1, 0.15) is 73.2 Å². The molecule has 19 heteroatoms.